The van der Waals surface area contributed by atoms with Crippen molar-refractivity contribution in [2.75, 3.05) is 34.8 Å². The Morgan fingerprint density at radius 2 is 1.77 bits per heavy atom. The zero-order valence-corrected chi connectivity index (χ0v) is 15.7. The molecule has 1 atom stereocenters. The maximum Gasteiger partial charge on any atom is 0.224 e. The van der Waals surface area contributed by atoms with Crippen LogP contribution in [0.3, 0.4) is 0 Å². The van der Waals surface area contributed by atoms with E-state index in [0.717, 1.165) is 16.9 Å². The SMILES string of the molecule is C[C@@H](CC(=O)Nc1cccc(N2CCS(=O)(=O)CC2)c1)c1ccccc1. The fourth-order valence-electron chi connectivity index (χ4n) is 3.14. The molecule has 1 amide bonds. The highest BCUT2D eigenvalue weighted by Gasteiger charge is 2.22. The van der Waals surface area contributed by atoms with Gasteiger partial charge >= 0.3 is 0 Å². The molecule has 0 radical (unpaired) electrons. The molecule has 1 aliphatic heterocycles. The van der Waals surface area contributed by atoms with Crippen molar-refractivity contribution in [2.24, 2.45) is 0 Å². The second-order valence-corrected chi connectivity index (χ2v) is 9.06. The van der Waals surface area contributed by atoms with Crippen LogP contribution in [0.2, 0.25) is 0 Å². The van der Waals surface area contributed by atoms with Crippen LogP contribution >= 0.6 is 0 Å². The summed E-state index contributed by atoms with van der Waals surface area (Å²) in [4.78, 5) is 14.4. The summed E-state index contributed by atoms with van der Waals surface area (Å²) in [5.74, 6) is 0.475. The third kappa shape index (κ3) is 4.85. The second-order valence-electron chi connectivity index (χ2n) is 6.75. The molecule has 0 aromatic heterocycles. The van der Waals surface area contributed by atoms with E-state index >= 15 is 0 Å². The van der Waals surface area contributed by atoms with Crippen molar-refractivity contribution in [3.63, 3.8) is 0 Å². The summed E-state index contributed by atoms with van der Waals surface area (Å²) in [5, 5.41) is 2.95. The normalized spacial score (nSPS) is 17.5. The molecular weight excluding hydrogens is 348 g/mol. The number of amides is 1. The van der Waals surface area contributed by atoms with Crippen LogP contribution in [-0.4, -0.2) is 38.9 Å². The molecule has 138 valence electrons. The fraction of sp³-hybridized carbons (Fsp3) is 0.350. The number of nitrogens with one attached hydrogen (secondary N) is 1. The van der Waals surface area contributed by atoms with Gasteiger partial charge in [-0.05, 0) is 29.7 Å². The van der Waals surface area contributed by atoms with Gasteiger partial charge in [0.15, 0.2) is 9.84 Å². The van der Waals surface area contributed by atoms with Crippen LogP contribution in [0.1, 0.15) is 24.8 Å². The van der Waals surface area contributed by atoms with Crippen LogP contribution in [0.5, 0.6) is 0 Å². The van der Waals surface area contributed by atoms with Gasteiger partial charge < -0.3 is 10.2 Å². The van der Waals surface area contributed by atoms with Gasteiger partial charge in [-0.2, -0.15) is 0 Å². The lowest BCUT2D eigenvalue weighted by atomic mass is 9.97. The van der Waals surface area contributed by atoms with Crippen molar-refractivity contribution in [3.8, 4) is 0 Å². The number of rotatable bonds is 5. The van der Waals surface area contributed by atoms with Gasteiger partial charge in [-0.15, -0.1) is 0 Å². The molecular formula is C20H24N2O3S. The van der Waals surface area contributed by atoms with Gasteiger partial charge in [-0.25, -0.2) is 8.42 Å². The molecule has 1 aliphatic rings. The maximum absolute atomic E-state index is 12.4. The molecule has 2 aromatic carbocycles. The number of sulfone groups is 1. The highest BCUT2D eigenvalue weighted by atomic mass is 32.2. The van der Waals surface area contributed by atoms with E-state index in [4.69, 9.17) is 0 Å². The van der Waals surface area contributed by atoms with Crippen molar-refractivity contribution in [1.29, 1.82) is 0 Å². The molecule has 0 aliphatic carbocycles. The van der Waals surface area contributed by atoms with Gasteiger partial charge in [0.2, 0.25) is 5.91 Å². The standard InChI is InChI=1S/C20H24N2O3S/c1-16(17-6-3-2-4-7-17)14-20(23)21-18-8-5-9-19(15-18)22-10-12-26(24,25)13-11-22/h2-9,15-16H,10-14H2,1H3,(H,21,23)/t16-/m0/s1. The summed E-state index contributed by atoms with van der Waals surface area (Å²) >= 11 is 0. The number of hydrogen-bond acceptors (Lipinski definition) is 4. The summed E-state index contributed by atoms with van der Waals surface area (Å²) in [7, 11) is -2.90. The summed E-state index contributed by atoms with van der Waals surface area (Å²) in [5.41, 5.74) is 2.82. The molecule has 1 heterocycles. The minimum absolute atomic E-state index is 0.0280. The van der Waals surface area contributed by atoms with Crippen molar-refractivity contribution in [2.45, 2.75) is 19.3 Å². The topological polar surface area (TPSA) is 66.5 Å². The zero-order valence-electron chi connectivity index (χ0n) is 14.9. The van der Waals surface area contributed by atoms with E-state index in [1.165, 1.54) is 0 Å². The lowest BCUT2D eigenvalue weighted by Gasteiger charge is -2.29. The Hall–Kier alpha value is -2.34. The van der Waals surface area contributed by atoms with Gasteiger partial charge in [0, 0.05) is 30.9 Å². The van der Waals surface area contributed by atoms with E-state index in [-0.39, 0.29) is 23.3 Å². The highest BCUT2D eigenvalue weighted by molar-refractivity contribution is 7.91. The first-order valence-electron chi connectivity index (χ1n) is 8.83. The maximum atomic E-state index is 12.4. The van der Waals surface area contributed by atoms with Crippen LogP contribution in [0.4, 0.5) is 11.4 Å². The van der Waals surface area contributed by atoms with Gasteiger partial charge in [0.1, 0.15) is 0 Å². The van der Waals surface area contributed by atoms with Crippen molar-refractivity contribution < 1.29 is 13.2 Å². The lowest BCUT2D eigenvalue weighted by Crippen LogP contribution is -2.40. The van der Waals surface area contributed by atoms with Gasteiger partial charge in [-0.3, -0.25) is 4.79 Å². The molecule has 26 heavy (non-hydrogen) atoms. The van der Waals surface area contributed by atoms with E-state index in [1.54, 1.807) is 0 Å². The van der Waals surface area contributed by atoms with Crippen molar-refractivity contribution in [1.82, 2.24) is 0 Å². The van der Waals surface area contributed by atoms with E-state index in [0.29, 0.717) is 19.5 Å². The number of hydrogen-bond donors (Lipinski definition) is 1. The van der Waals surface area contributed by atoms with E-state index in [9.17, 15) is 13.2 Å². The highest BCUT2D eigenvalue weighted by Crippen LogP contribution is 2.23. The molecule has 5 nitrogen and oxygen atoms in total. The smallest absolute Gasteiger partial charge is 0.224 e. The molecule has 6 heteroatoms. The molecule has 0 saturated carbocycles. The third-order valence-corrected chi connectivity index (χ3v) is 6.31. The summed E-state index contributed by atoms with van der Waals surface area (Å²) in [6, 6.07) is 17.6. The lowest BCUT2D eigenvalue weighted by molar-refractivity contribution is -0.116. The van der Waals surface area contributed by atoms with Crippen LogP contribution in [0.15, 0.2) is 54.6 Å². The first-order valence-corrected chi connectivity index (χ1v) is 10.7. The predicted octanol–water partition coefficient (Wildman–Crippen LogP) is 3.05. The van der Waals surface area contributed by atoms with E-state index < -0.39 is 9.84 Å². The second kappa shape index (κ2) is 7.91. The number of carbonyl (C=O) groups is 1. The average molecular weight is 372 g/mol. The summed E-state index contributed by atoms with van der Waals surface area (Å²) in [6.45, 7) is 3.02. The minimum atomic E-state index is -2.90. The quantitative estimate of drug-likeness (QED) is 0.876. The fourth-order valence-corrected chi connectivity index (χ4v) is 4.34. The molecule has 1 fully saturated rings. The Bertz CT molecular complexity index is 852. The monoisotopic (exact) mass is 372 g/mol. The molecule has 3 rings (SSSR count). The molecule has 1 saturated heterocycles. The molecule has 1 N–H and O–H groups in total. The van der Waals surface area contributed by atoms with Crippen LogP contribution < -0.4 is 10.2 Å². The van der Waals surface area contributed by atoms with E-state index in [2.05, 4.69) is 5.32 Å². The Labute approximate surface area is 154 Å². The minimum Gasteiger partial charge on any atom is -0.369 e. The molecule has 0 spiro atoms. The first-order chi connectivity index (χ1) is 12.4. The van der Waals surface area contributed by atoms with Crippen LogP contribution in [-0.2, 0) is 14.6 Å². The molecule has 0 bridgehead atoms. The number of benzene rings is 2. The Balaban J connectivity index is 1.61. The van der Waals surface area contributed by atoms with Crippen LogP contribution in [0.25, 0.3) is 0 Å². The average Bonchev–Trinajstić information content (AvgIpc) is 2.62. The van der Waals surface area contributed by atoms with Crippen LogP contribution in [0, 0.1) is 0 Å². The summed E-state index contributed by atoms with van der Waals surface area (Å²) in [6.07, 6.45) is 0.413. The number of carbonyl (C=O) groups excluding carboxylic acids is 1. The van der Waals surface area contributed by atoms with Gasteiger partial charge in [-0.1, -0.05) is 43.3 Å². The number of nitrogens with zero attached hydrogens (tertiary/aromatic N) is 1. The van der Waals surface area contributed by atoms with Crippen molar-refractivity contribution in [3.05, 3.63) is 60.2 Å². The van der Waals surface area contributed by atoms with E-state index in [1.807, 2.05) is 66.4 Å². The van der Waals surface area contributed by atoms with Gasteiger partial charge in [0.25, 0.3) is 0 Å². The van der Waals surface area contributed by atoms with Crippen molar-refractivity contribution >= 4 is 27.1 Å². The third-order valence-electron chi connectivity index (χ3n) is 4.70. The molecule has 2 aromatic rings. The Kier molecular flexibility index (Phi) is 5.61. The number of anilines is 2. The largest absolute Gasteiger partial charge is 0.369 e. The van der Waals surface area contributed by atoms with Gasteiger partial charge in [0.05, 0.1) is 11.5 Å². The Morgan fingerprint density at radius 1 is 1.08 bits per heavy atom. The first kappa shape index (κ1) is 18.5. The molecule has 0 unspecified atom stereocenters. The summed E-state index contributed by atoms with van der Waals surface area (Å²) < 4.78 is 23.2. The Morgan fingerprint density at radius 3 is 2.46 bits per heavy atom. The zero-order chi connectivity index (χ0) is 18.6. The predicted molar refractivity (Wildman–Crippen MR) is 105 cm³/mol.